The van der Waals surface area contributed by atoms with Crippen LogP contribution in [0.5, 0.6) is 0 Å². The summed E-state index contributed by atoms with van der Waals surface area (Å²) >= 11 is 3.47. The van der Waals surface area contributed by atoms with Gasteiger partial charge in [-0.2, -0.15) is 4.21 Å². The van der Waals surface area contributed by atoms with Gasteiger partial charge in [0.2, 0.25) is 0 Å². The molecule has 2 N–H and O–H groups in total. The third-order valence-electron chi connectivity index (χ3n) is 0.348. The summed E-state index contributed by atoms with van der Waals surface area (Å²) in [6.45, 7) is 3.65. The molecule has 0 aliphatic rings. The Morgan fingerprint density at radius 1 is 1.64 bits per heavy atom. The van der Waals surface area contributed by atoms with Crippen molar-refractivity contribution in [3.8, 4) is 0 Å². The lowest BCUT2D eigenvalue weighted by atomic mass is 10.8. The first-order chi connectivity index (χ1) is 4.77. The molecule has 0 radical (unpaired) electrons. The molecule has 68 valence electrons. The van der Waals surface area contributed by atoms with Gasteiger partial charge in [0.05, 0.1) is 6.61 Å². The van der Waals surface area contributed by atoms with E-state index < -0.39 is 9.05 Å². The number of rotatable bonds is 1. The second-order valence-corrected chi connectivity index (χ2v) is 3.57. The first-order valence-corrected chi connectivity index (χ1v) is 5.00. The van der Waals surface area contributed by atoms with E-state index in [9.17, 15) is 4.79 Å². The van der Waals surface area contributed by atoms with E-state index >= 15 is 0 Å². The molecule has 0 amide bonds. The quantitative estimate of drug-likeness (QED) is 0.593. The monoisotopic (exact) mass is 202 g/mol. The van der Waals surface area contributed by atoms with Crippen LogP contribution in [-0.4, -0.2) is 25.9 Å². The van der Waals surface area contributed by atoms with E-state index in [0.29, 0.717) is 6.61 Å². The molecule has 0 saturated carbocycles. The van der Waals surface area contributed by atoms with Gasteiger partial charge in [0, 0.05) is 18.1 Å². The molecule has 0 heterocycles. The SMILES string of the molecule is CCOC(C)=O.O=S(O)(O)=S. The lowest BCUT2D eigenvalue weighted by Crippen LogP contribution is -1.95. The predicted molar refractivity (Wildman–Crippen MR) is 43.1 cm³/mol. The molecule has 0 unspecified atom stereocenters. The lowest BCUT2D eigenvalue weighted by molar-refractivity contribution is -0.140. The van der Waals surface area contributed by atoms with Gasteiger partial charge < -0.3 is 4.74 Å². The highest BCUT2D eigenvalue weighted by atomic mass is 32.9. The molecule has 0 aromatic carbocycles. The maximum atomic E-state index is 9.82. The maximum absolute atomic E-state index is 9.82. The molecule has 0 rings (SSSR count). The Morgan fingerprint density at radius 3 is 1.91 bits per heavy atom. The van der Waals surface area contributed by atoms with E-state index in [1.54, 1.807) is 6.92 Å². The van der Waals surface area contributed by atoms with E-state index in [1.165, 1.54) is 6.92 Å². The van der Waals surface area contributed by atoms with Crippen LogP contribution in [0.3, 0.4) is 0 Å². The third-order valence-corrected chi connectivity index (χ3v) is 0.348. The Bertz CT molecular complexity index is 187. The van der Waals surface area contributed by atoms with Crippen LogP contribution in [0, 0.1) is 0 Å². The standard InChI is InChI=1S/C4H8O2.H2O3S2/c1-3-6-4(2)5;1-5(2,3)4/h3H2,1-2H3;(H2,1,2,3,4). The molecule has 0 atom stereocenters. The normalized spacial score (nSPS) is 9.45. The molecule has 0 aromatic heterocycles. The second kappa shape index (κ2) is 6.47. The molecule has 0 fully saturated rings. The van der Waals surface area contributed by atoms with Crippen LogP contribution < -0.4 is 0 Å². The van der Waals surface area contributed by atoms with Gasteiger partial charge in [0.25, 0.3) is 9.05 Å². The minimum atomic E-state index is -3.83. The summed E-state index contributed by atoms with van der Waals surface area (Å²) in [4.78, 5) is 9.82. The van der Waals surface area contributed by atoms with E-state index in [-0.39, 0.29) is 5.97 Å². The van der Waals surface area contributed by atoms with Crippen molar-refractivity contribution in [2.24, 2.45) is 0 Å². The number of esters is 1. The third kappa shape index (κ3) is 77.2. The molecule has 0 spiro atoms. The number of carbonyl (C=O) groups is 1. The lowest BCUT2D eigenvalue weighted by Gasteiger charge is -1.89. The summed E-state index contributed by atoms with van der Waals surface area (Å²) < 4.78 is 28.4. The van der Waals surface area contributed by atoms with Crippen LogP contribution in [0.2, 0.25) is 0 Å². The Labute approximate surface area is 70.1 Å². The van der Waals surface area contributed by atoms with Gasteiger partial charge >= 0.3 is 5.97 Å². The van der Waals surface area contributed by atoms with Crippen LogP contribution in [0.1, 0.15) is 13.8 Å². The van der Waals surface area contributed by atoms with Crippen molar-refractivity contribution >= 4 is 26.2 Å². The van der Waals surface area contributed by atoms with E-state index in [2.05, 4.69) is 15.9 Å². The highest BCUT2D eigenvalue weighted by Gasteiger charge is 1.81. The molecular formula is C4H10O5S2. The van der Waals surface area contributed by atoms with Crippen molar-refractivity contribution in [2.45, 2.75) is 13.8 Å². The fourth-order valence-corrected chi connectivity index (χ4v) is 0.203. The molecule has 0 aliphatic heterocycles. The number of hydrogen-bond donors (Lipinski definition) is 2. The fraction of sp³-hybridized carbons (Fsp3) is 0.750. The van der Waals surface area contributed by atoms with E-state index in [4.69, 9.17) is 13.3 Å². The van der Waals surface area contributed by atoms with Crippen LogP contribution >= 0.6 is 0 Å². The summed E-state index contributed by atoms with van der Waals surface area (Å²) in [5, 5.41) is 0. The molecule has 0 bridgehead atoms. The zero-order chi connectivity index (χ0) is 9.49. The van der Waals surface area contributed by atoms with Gasteiger partial charge in [-0.15, -0.1) is 0 Å². The Morgan fingerprint density at radius 2 is 1.91 bits per heavy atom. The van der Waals surface area contributed by atoms with Gasteiger partial charge in [-0.25, -0.2) is 0 Å². The number of ether oxygens (including phenoxy) is 1. The van der Waals surface area contributed by atoms with Crippen molar-refractivity contribution in [1.82, 2.24) is 0 Å². The average Bonchev–Trinajstić information content (AvgIpc) is 1.58. The molecule has 7 heteroatoms. The average molecular weight is 202 g/mol. The largest absolute Gasteiger partial charge is 0.466 e. The molecule has 5 nitrogen and oxygen atoms in total. The minimum Gasteiger partial charge on any atom is -0.466 e. The summed E-state index contributed by atoms with van der Waals surface area (Å²) in [6, 6.07) is 0. The number of hydrogen-bond acceptors (Lipinski definition) is 4. The number of carbonyl (C=O) groups excluding carboxylic acids is 1. The Hall–Kier alpha value is -0.240. The fourth-order valence-electron chi connectivity index (χ4n) is 0.203. The van der Waals surface area contributed by atoms with Crippen molar-refractivity contribution < 1.29 is 22.8 Å². The summed E-state index contributed by atoms with van der Waals surface area (Å²) in [5.74, 6) is -0.211. The molecular weight excluding hydrogens is 192 g/mol. The summed E-state index contributed by atoms with van der Waals surface area (Å²) in [5.41, 5.74) is 0. The van der Waals surface area contributed by atoms with Crippen LogP contribution in [-0.2, 0) is 29.8 Å². The van der Waals surface area contributed by atoms with Crippen LogP contribution in [0.25, 0.3) is 0 Å². The van der Waals surface area contributed by atoms with Gasteiger partial charge in [-0.1, -0.05) is 0 Å². The van der Waals surface area contributed by atoms with Gasteiger partial charge in [0.1, 0.15) is 0 Å². The zero-order valence-corrected chi connectivity index (χ0v) is 7.78. The Kier molecular flexibility index (Phi) is 7.85. The van der Waals surface area contributed by atoms with E-state index in [1.807, 2.05) is 0 Å². The smallest absolute Gasteiger partial charge is 0.302 e. The highest BCUT2D eigenvalue weighted by molar-refractivity contribution is 8.26. The molecule has 11 heavy (non-hydrogen) atoms. The van der Waals surface area contributed by atoms with Crippen LogP contribution in [0.15, 0.2) is 0 Å². The van der Waals surface area contributed by atoms with Crippen molar-refractivity contribution in [3.05, 3.63) is 0 Å². The van der Waals surface area contributed by atoms with Crippen LogP contribution in [0.4, 0.5) is 0 Å². The predicted octanol–water partition coefficient (Wildman–Crippen LogP) is 0.248. The van der Waals surface area contributed by atoms with Crippen molar-refractivity contribution in [1.29, 1.82) is 0 Å². The molecule has 0 saturated heterocycles. The maximum Gasteiger partial charge on any atom is 0.302 e. The molecule has 0 aromatic rings. The summed E-state index contributed by atoms with van der Waals surface area (Å²) in [6.07, 6.45) is 0. The van der Waals surface area contributed by atoms with Gasteiger partial charge in [-0.3, -0.25) is 13.9 Å². The summed E-state index contributed by atoms with van der Waals surface area (Å²) in [7, 11) is -3.83. The first-order valence-electron chi connectivity index (χ1n) is 2.60. The first kappa shape index (κ1) is 13.4. The minimum absolute atomic E-state index is 0.211. The van der Waals surface area contributed by atoms with E-state index in [0.717, 1.165) is 0 Å². The Balaban J connectivity index is 0. The van der Waals surface area contributed by atoms with Gasteiger partial charge in [-0.05, 0) is 6.92 Å². The second-order valence-electron chi connectivity index (χ2n) is 1.37. The van der Waals surface area contributed by atoms with Crippen molar-refractivity contribution in [2.75, 3.05) is 6.61 Å². The molecule has 0 aliphatic carbocycles. The topological polar surface area (TPSA) is 83.8 Å². The van der Waals surface area contributed by atoms with Gasteiger partial charge in [0.15, 0.2) is 0 Å². The highest BCUT2D eigenvalue weighted by Crippen LogP contribution is 1.69. The zero-order valence-electron chi connectivity index (χ0n) is 6.14. The van der Waals surface area contributed by atoms with Crippen molar-refractivity contribution in [3.63, 3.8) is 0 Å².